The number of aryl methyl sites for hydroxylation is 1. The number of benzene rings is 1. The van der Waals surface area contributed by atoms with E-state index in [1.807, 2.05) is 24.3 Å². The normalized spacial score (nSPS) is 13.5. The molecule has 0 aromatic heterocycles. The van der Waals surface area contributed by atoms with Crippen molar-refractivity contribution in [3.05, 3.63) is 35.4 Å². The highest BCUT2D eigenvalue weighted by Crippen LogP contribution is 2.05. The van der Waals surface area contributed by atoms with Crippen molar-refractivity contribution in [2.24, 2.45) is 5.73 Å². The summed E-state index contributed by atoms with van der Waals surface area (Å²) in [6.07, 6.45) is 0.327. The summed E-state index contributed by atoms with van der Waals surface area (Å²) in [5.41, 5.74) is 7.18. The van der Waals surface area contributed by atoms with E-state index in [2.05, 4.69) is 0 Å². The molecule has 3 heteroatoms. The van der Waals surface area contributed by atoms with Gasteiger partial charge in [-0.1, -0.05) is 29.8 Å². The van der Waals surface area contributed by atoms with Gasteiger partial charge in [0.05, 0.1) is 0 Å². The SMILES string of the molecule is [2H]Cc1ccc(C[C@H](N)C(=O)O)cc1. The van der Waals surface area contributed by atoms with Crippen LogP contribution in [0.2, 0.25) is 0 Å². The maximum absolute atomic E-state index is 10.5. The van der Waals surface area contributed by atoms with Crippen LogP contribution in [0.5, 0.6) is 0 Å². The third kappa shape index (κ3) is 2.87. The topological polar surface area (TPSA) is 63.3 Å². The van der Waals surface area contributed by atoms with Crippen molar-refractivity contribution in [1.82, 2.24) is 0 Å². The van der Waals surface area contributed by atoms with Gasteiger partial charge in [-0.15, -0.1) is 0 Å². The Morgan fingerprint density at radius 3 is 2.69 bits per heavy atom. The number of nitrogens with two attached hydrogens (primary N) is 1. The Morgan fingerprint density at radius 2 is 2.23 bits per heavy atom. The predicted molar refractivity (Wildman–Crippen MR) is 50.5 cm³/mol. The summed E-state index contributed by atoms with van der Waals surface area (Å²) in [5.74, 6) is -0.991. The van der Waals surface area contributed by atoms with Crippen molar-refractivity contribution in [2.45, 2.75) is 19.4 Å². The van der Waals surface area contributed by atoms with Crippen molar-refractivity contribution in [1.29, 1.82) is 0 Å². The van der Waals surface area contributed by atoms with Gasteiger partial charge in [-0.2, -0.15) is 0 Å². The second kappa shape index (κ2) is 4.05. The van der Waals surface area contributed by atoms with Crippen LogP contribution in [0.25, 0.3) is 0 Å². The van der Waals surface area contributed by atoms with E-state index in [1.165, 1.54) is 0 Å². The lowest BCUT2D eigenvalue weighted by Crippen LogP contribution is -2.32. The summed E-state index contributed by atoms with van der Waals surface area (Å²) in [4.78, 5) is 10.5. The van der Waals surface area contributed by atoms with Gasteiger partial charge in [0, 0.05) is 1.37 Å². The molecule has 1 rings (SSSR count). The van der Waals surface area contributed by atoms with Crippen LogP contribution >= 0.6 is 0 Å². The average molecular weight is 180 g/mol. The standard InChI is InChI=1S/C10H13NO2/c1-7-2-4-8(5-3-7)6-9(11)10(12)13/h2-5,9H,6,11H2,1H3,(H,12,13)/t9-/m0/s1/i1D. The van der Waals surface area contributed by atoms with Gasteiger partial charge in [0.25, 0.3) is 0 Å². The van der Waals surface area contributed by atoms with Gasteiger partial charge in [0.1, 0.15) is 6.04 Å². The van der Waals surface area contributed by atoms with Gasteiger partial charge in [-0.3, -0.25) is 4.79 Å². The van der Waals surface area contributed by atoms with E-state index in [1.54, 1.807) is 0 Å². The summed E-state index contributed by atoms with van der Waals surface area (Å²) in [7, 11) is 0. The van der Waals surface area contributed by atoms with E-state index in [0.29, 0.717) is 6.42 Å². The Morgan fingerprint density at radius 1 is 1.62 bits per heavy atom. The molecule has 0 bridgehead atoms. The Balaban J connectivity index is 2.64. The molecule has 0 heterocycles. The Hall–Kier alpha value is -1.35. The number of carboxylic acid groups (broad SMARTS) is 1. The number of rotatable bonds is 3. The van der Waals surface area contributed by atoms with Gasteiger partial charge in [-0.05, 0) is 18.9 Å². The minimum Gasteiger partial charge on any atom is -0.480 e. The fourth-order valence-electron chi connectivity index (χ4n) is 1.02. The van der Waals surface area contributed by atoms with E-state index in [9.17, 15) is 4.79 Å². The Kier molecular flexibility index (Phi) is 2.57. The van der Waals surface area contributed by atoms with Crippen molar-refractivity contribution < 1.29 is 11.3 Å². The Bertz CT molecular complexity index is 310. The Labute approximate surface area is 78.6 Å². The van der Waals surface area contributed by atoms with Crippen LogP contribution in [-0.4, -0.2) is 17.1 Å². The second-order valence-corrected chi connectivity index (χ2v) is 2.97. The predicted octanol–water partition coefficient (Wildman–Crippen LogP) is 0.949. The van der Waals surface area contributed by atoms with E-state index in [4.69, 9.17) is 12.2 Å². The van der Waals surface area contributed by atoms with Crippen LogP contribution in [-0.2, 0) is 11.2 Å². The van der Waals surface area contributed by atoms with Gasteiger partial charge < -0.3 is 10.8 Å². The van der Waals surface area contributed by atoms with Crippen LogP contribution in [0.15, 0.2) is 24.3 Å². The number of carbonyl (C=O) groups is 1. The van der Waals surface area contributed by atoms with E-state index in [0.717, 1.165) is 11.1 Å². The molecular formula is C10H13NO2. The first kappa shape index (κ1) is 8.26. The third-order valence-electron chi connectivity index (χ3n) is 1.80. The molecule has 13 heavy (non-hydrogen) atoms. The van der Waals surface area contributed by atoms with Crippen LogP contribution < -0.4 is 5.73 Å². The monoisotopic (exact) mass is 180 g/mol. The molecule has 0 aliphatic rings. The first-order chi connectivity index (χ1) is 6.63. The summed E-state index contributed by atoms with van der Waals surface area (Å²) >= 11 is 0. The molecule has 1 atom stereocenters. The maximum Gasteiger partial charge on any atom is 0.320 e. The molecule has 0 unspecified atom stereocenters. The van der Waals surface area contributed by atoms with Gasteiger partial charge in [0.15, 0.2) is 0 Å². The molecule has 0 saturated carbocycles. The molecule has 0 radical (unpaired) electrons. The lowest BCUT2D eigenvalue weighted by molar-refractivity contribution is -0.138. The van der Waals surface area contributed by atoms with Crippen molar-refractivity contribution >= 4 is 5.97 Å². The van der Waals surface area contributed by atoms with Crippen molar-refractivity contribution in [3.63, 3.8) is 0 Å². The quantitative estimate of drug-likeness (QED) is 0.728. The molecule has 1 aromatic carbocycles. The average Bonchev–Trinajstić information content (AvgIpc) is 2.19. The summed E-state index contributed by atoms with van der Waals surface area (Å²) in [6.45, 7) is 0.241. The summed E-state index contributed by atoms with van der Waals surface area (Å²) < 4.78 is 7.11. The summed E-state index contributed by atoms with van der Waals surface area (Å²) in [6, 6.07) is 6.41. The molecule has 3 N–H and O–H groups in total. The molecule has 0 aliphatic heterocycles. The molecule has 0 saturated heterocycles. The zero-order chi connectivity index (χ0) is 10.6. The van der Waals surface area contributed by atoms with Gasteiger partial charge in [-0.25, -0.2) is 0 Å². The summed E-state index contributed by atoms with van der Waals surface area (Å²) in [5, 5.41) is 8.59. The number of aliphatic carboxylic acids is 1. The number of hydrogen-bond donors (Lipinski definition) is 2. The molecule has 0 amide bonds. The van der Waals surface area contributed by atoms with Crippen molar-refractivity contribution in [3.8, 4) is 0 Å². The molecule has 70 valence electrons. The highest BCUT2D eigenvalue weighted by atomic mass is 16.4. The van der Waals surface area contributed by atoms with E-state index < -0.39 is 12.0 Å². The maximum atomic E-state index is 10.5. The van der Waals surface area contributed by atoms with Crippen molar-refractivity contribution in [2.75, 3.05) is 0 Å². The number of hydrogen-bond acceptors (Lipinski definition) is 2. The first-order valence-corrected chi connectivity index (χ1v) is 3.99. The molecule has 0 aliphatic carbocycles. The first-order valence-electron chi connectivity index (χ1n) is 4.69. The fraction of sp³-hybridized carbons (Fsp3) is 0.300. The van der Waals surface area contributed by atoms with E-state index >= 15 is 0 Å². The molecular weight excluding hydrogens is 166 g/mol. The highest BCUT2D eigenvalue weighted by molar-refractivity contribution is 5.73. The van der Waals surface area contributed by atoms with E-state index in [-0.39, 0.29) is 6.90 Å². The van der Waals surface area contributed by atoms with Crippen LogP contribution in [0, 0.1) is 6.90 Å². The highest BCUT2D eigenvalue weighted by Gasteiger charge is 2.11. The smallest absolute Gasteiger partial charge is 0.320 e. The molecule has 1 aromatic rings. The van der Waals surface area contributed by atoms with Crippen LogP contribution in [0.4, 0.5) is 0 Å². The minimum atomic E-state index is -0.991. The number of carboxylic acids is 1. The van der Waals surface area contributed by atoms with Gasteiger partial charge in [0.2, 0.25) is 0 Å². The fourth-order valence-corrected chi connectivity index (χ4v) is 1.02. The zero-order valence-corrected chi connectivity index (χ0v) is 7.23. The lowest BCUT2D eigenvalue weighted by atomic mass is 10.1. The third-order valence-corrected chi connectivity index (χ3v) is 1.80. The lowest BCUT2D eigenvalue weighted by Gasteiger charge is -2.05. The van der Waals surface area contributed by atoms with Crippen LogP contribution in [0.1, 0.15) is 12.5 Å². The molecule has 0 fully saturated rings. The molecule has 3 nitrogen and oxygen atoms in total. The minimum absolute atomic E-state index is 0.241. The van der Waals surface area contributed by atoms with Crippen LogP contribution in [0.3, 0.4) is 0 Å². The van der Waals surface area contributed by atoms with Gasteiger partial charge >= 0.3 is 5.97 Å². The molecule has 0 spiro atoms. The zero-order valence-electron chi connectivity index (χ0n) is 8.23. The second-order valence-electron chi connectivity index (χ2n) is 2.97. The largest absolute Gasteiger partial charge is 0.480 e.